The van der Waals surface area contributed by atoms with Crippen molar-refractivity contribution in [2.24, 2.45) is 11.5 Å². The fourth-order valence-electron chi connectivity index (χ4n) is 3.26. The molecule has 0 aromatic rings. The molecule has 0 aromatic carbocycles. The summed E-state index contributed by atoms with van der Waals surface area (Å²) >= 11 is 0. The van der Waals surface area contributed by atoms with Gasteiger partial charge in [-0.2, -0.15) is 0 Å². The highest BCUT2D eigenvalue weighted by Crippen LogP contribution is 2.34. The van der Waals surface area contributed by atoms with E-state index in [4.69, 9.17) is 16.2 Å². The van der Waals surface area contributed by atoms with Gasteiger partial charge in [0.15, 0.2) is 0 Å². The third kappa shape index (κ3) is 3.94. The maximum atomic E-state index is 6.42. The minimum atomic E-state index is -0.449. The first-order chi connectivity index (χ1) is 8.12. The maximum absolute atomic E-state index is 6.42. The summed E-state index contributed by atoms with van der Waals surface area (Å²) in [6.07, 6.45) is 13.8. The molecule has 0 spiro atoms. The van der Waals surface area contributed by atoms with Gasteiger partial charge in [-0.15, -0.1) is 0 Å². The monoisotopic (exact) mass is 240 g/mol. The first-order valence-electron chi connectivity index (χ1n) is 7.40. The normalized spacial score (nSPS) is 29.3. The fourth-order valence-corrected chi connectivity index (χ4v) is 3.26. The van der Waals surface area contributed by atoms with Gasteiger partial charge in [0.2, 0.25) is 0 Å². The molecule has 2 rings (SSSR count). The van der Waals surface area contributed by atoms with Gasteiger partial charge in [0.1, 0.15) is 11.4 Å². The van der Waals surface area contributed by atoms with E-state index in [2.05, 4.69) is 0 Å². The SMILES string of the molecule is NC1(OC2(N)CCCCCC2)CCCCCC1. The Labute approximate surface area is 105 Å². The van der Waals surface area contributed by atoms with E-state index in [0.717, 1.165) is 25.7 Å². The van der Waals surface area contributed by atoms with E-state index in [9.17, 15) is 0 Å². The van der Waals surface area contributed by atoms with Crippen molar-refractivity contribution in [3.05, 3.63) is 0 Å². The van der Waals surface area contributed by atoms with E-state index in [1.54, 1.807) is 0 Å². The smallest absolute Gasteiger partial charge is 0.119 e. The number of nitrogens with two attached hydrogens (primary N) is 2. The zero-order valence-electron chi connectivity index (χ0n) is 11.0. The Morgan fingerprint density at radius 2 is 0.824 bits per heavy atom. The summed E-state index contributed by atoms with van der Waals surface area (Å²) < 4.78 is 6.22. The Hall–Kier alpha value is -0.120. The van der Waals surface area contributed by atoms with Gasteiger partial charge in [-0.1, -0.05) is 25.7 Å². The van der Waals surface area contributed by atoms with Gasteiger partial charge in [0, 0.05) is 0 Å². The highest BCUT2D eigenvalue weighted by Gasteiger charge is 2.37. The molecule has 2 aliphatic carbocycles. The minimum Gasteiger partial charge on any atom is -0.340 e. The van der Waals surface area contributed by atoms with Crippen LogP contribution in [0.1, 0.15) is 77.0 Å². The molecular weight excluding hydrogens is 212 g/mol. The molecule has 4 N–H and O–H groups in total. The summed E-state index contributed by atoms with van der Waals surface area (Å²) in [6.45, 7) is 0. The summed E-state index contributed by atoms with van der Waals surface area (Å²) in [4.78, 5) is 0. The lowest BCUT2D eigenvalue weighted by molar-refractivity contribution is -0.165. The van der Waals surface area contributed by atoms with Crippen molar-refractivity contribution in [2.45, 2.75) is 88.5 Å². The second kappa shape index (κ2) is 5.68. The Balaban J connectivity index is 1.96. The third-order valence-corrected chi connectivity index (χ3v) is 4.31. The Morgan fingerprint density at radius 3 is 1.12 bits per heavy atom. The quantitative estimate of drug-likeness (QED) is 0.576. The molecule has 0 amide bonds. The Morgan fingerprint density at radius 1 is 0.529 bits per heavy atom. The predicted octanol–water partition coefficient (Wildman–Crippen LogP) is 3.02. The first kappa shape index (κ1) is 13.3. The summed E-state index contributed by atoms with van der Waals surface area (Å²) in [5, 5.41) is 0. The molecular formula is C14H28N2O. The van der Waals surface area contributed by atoms with E-state index < -0.39 is 11.4 Å². The van der Waals surface area contributed by atoms with Crippen molar-refractivity contribution >= 4 is 0 Å². The van der Waals surface area contributed by atoms with Crippen LogP contribution in [0.5, 0.6) is 0 Å². The van der Waals surface area contributed by atoms with Crippen LogP contribution in [-0.4, -0.2) is 11.4 Å². The highest BCUT2D eigenvalue weighted by atomic mass is 16.5. The van der Waals surface area contributed by atoms with E-state index in [-0.39, 0.29) is 0 Å². The predicted molar refractivity (Wildman–Crippen MR) is 70.3 cm³/mol. The topological polar surface area (TPSA) is 61.3 Å². The van der Waals surface area contributed by atoms with Gasteiger partial charge in [0.05, 0.1) is 0 Å². The van der Waals surface area contributed by atoms with Crippen LogP contribution in [0.2, 0.25) is 0 Å². The number of ether oxygens (including phenoxy) is 1. The average molecular weight is 240 g/mol. The van der Waals surface area contributed by atoms with E-state index in [1.165, 1.54) is 51.4 Å². The molecule has 2 saturated carbocycles. The van der Waals surface area contributed by atoms with Gasteiger partial charge in [-0.3, -0.25) is 0 Å². The van der Waals surface area contributed by atoms with Gasteiger partial charge < -0.3 is 16.2 Å². The molecule has 0 radical (unpaired) electrons. The van der Waals surface area contributed by atoms with Crippen molar-refractivity contribution in [1.82, 2.24) is 0 Å². The van der Waals surface area contributed by atoms with Crippen molar-refractivity contribution in [3.63, 3.8) is 0 Å². The van der Waals surface area contributed by atoms with Crippen LogP contribution in [0.25, 0.3) is 0 Å². The lowest BCUT2D eigenvalue weighted by atomic mass is 10.0. The molecule has 0 aliphatic heterocycles. The standard InChI is InChI=1S/C14H28N2O/c15-13(9-5-1-2-6-10-13)17-14(16)11-7-3-4-8-12-14/h1-12,15-16H2. The molecule has 0 aromatic heterocycles. The largest absolute Gasteiger partial charge is 0.340 e. The van der Waals surface area contributed by atoms with Crippen LogP contribution in [0.4, 0.5) is 0 Å². The van der Waals surface area contributed by atoms with Gasteiger partial charge in [-0.25, -0.2) is 0 Å². The molecule has 0 saturated heterocycles. The molecule has 17 heavy (non-hydrogen) atoms. The van der Waals surface area contributed by atoms with Crippen LogP contribution >= 0.6 is 0 Å². The highest BCUT2D eigenvalue weighted by molar-refractivity contribution is 4.84. The van der Waals surface area contributed by atoms with E-state index in [0.29, 0.717) is 0 Å². The summed E-state index contributed by atoms with van der Waals surface area (Å²) in [7, 11) is 0. The molecule has 3 nitrogen and oxygen atoms in total. The van der Waals surface area contributed by atoms with E-state index in [1.807, 2.05) is 0 Å². The van der Waals surface area contributed by atoms with Crippen molar-refractivity contribution in [1.29, 1.82) is 0 Å². The molecule has 0 heterocycles. The van der Waals surface area contributed by atoms with Crippen LogP contribution in [0.3, 0.4) is 0 Å². The Bertz CT molecular complexity index is 202. The lowest BCUT2D eigenvalue weighted by Gasteiger charge is -2.39. The zero-order chi connectivity index (χ0) is 12.2. The third-order valence-electron chi connectivity index (χ3n) is 4.31. The molecule has 0 bridgehead atoms. The fraction of sp³-hybridized carbons (Fsp3) is 1.00. The summed E-state index contributed by atoms with van der Waals surface area (Å²) in [6, 6.07) is 0. The molecule has 0 unspecified atom stereocenters. The number of hydrogen-bond acceptors (Lipinski definition) is 3. The average Bonchev–Trinajstić information content (AvgIpc) is 2.59. The molecule has 0 atom stereocenters. The number of hydrogen-bond donors (Lipinski definition) is 2. The van der Waals surface area contributed by atoms with Gasteiger partial charge in [-0.05, 0) is 51.4 Å². The molecule has 2 fully saturated rings. The van der Waals surface area contributed by atoms with Gasteiger partial charge >= 0.3 is 0 Å². The van der Waals surface area contributed by atoms with E-state index >= 15 is 0 Å². The second-order valence-electron chi connectivity index (χ2n) is 6.06. The molecule has 100 valence electrons. The van der Waals surface area contributed by atoms with Crippen molar-refractivity contribution in [2.75, 3.05) is 0 Å². The van der Waals surface area contributed by atoms with Crippen LogP contribution < -0.4 is 11.5 Å². The maximum Gasteiger partial charge on any atom is 0.119 e. The lowest BCUT2D eigenvalue weighted by Crippen LogP contribution is -2.54. The van der Waals surface area contributed by atoms with Gasteiger partial charge in [0.25, 0.3) is 0 Å². The second-order valence-corrected chi connectivity index (χ2v) is 6.06. The van der Waals surface area contributed by atoms with Crippen molar-refractivity contribution < 1.29 is 4.74 Å². The van der Waals surface area contributed by atoms with Crippen LogP contribution in [0, 0.1) is 0 Å². The van der Waals surface area contributed by atoms with Crippen LogP contribution in [-0.2, 0) is 4.74 Å². The minimum absolute atomic E-state index is 0.449. The first-order valence-corrected chi connectivity index (χ1v) is 7.40. The van der Waals surface area contributed by atoms with Crippen LogP contribution in [0.15, 0.2) is 0 Å². The zero-order valence-corrected chi connectivity index (χ0v) is 11.0. The summed E-state index contributed by atoms with van der Waals surface area (Å²) in [5.74, 6) is 0. The molecule has 2 aliphatic rings. The number of rotatable bonds is 2. The van der Waals surface area contributed by atoms with Crippen molar-refractivity contribution in [3.8, 4) is 0 Å². The summed E-state index contributed by atoms with van der Waals surface area (Å²) in [5.41, 5.74) is 12.0. The molecule has 3 heteroatoms. The Kier molecular flexibility index (Phi) is 4.45.